The summed E-state index contributed by atoms with van der Waals surface area (Å²) in [4.78, 5) is 24.1. The third kappa shape index (κ3) is 4.42. The number of benzene rings is 2. The van der Waals surface area contributed by atoms with Gasteiger partial charge in [0, 0.05) is 5.69 Å². The van der Waals surface area contributed by atoms with Crippen LogP contribution in [0.1, 0.15) is 42.1 Å². The van der Waals surface area contributed by atoms with E-state index in [9.17, 15) is 9.59 Å². The lowest BCUT2D eigenvalue weighted by molar-refractivity contribution is -0.117. The summed E-state index contributed by atoms with van der Waals surface area (Å²) in [5.41, 5.74) is 2.13. The topological polar surface area (TPSA) is 55.4 Å². The summed E-state index contributed by atoms with van der Waals surface area (Å²) in [5.74, 6) is -0.607. The van der Waals surface area contributed by atoms with E-state index in [0.29, 0.717) is 17.9 Å². The van der Waals surface area contributed by atoms with E-state index in [1.54, 1.807) is 31.2 Å². The van der Waals surface area contributed by atoms with Crippen molar-refractivity contribution in [1.82, 2.24) is 0 Å². The summed E-state index contributed by atoms with van der Waals surface area (Å²) in [6.07, 6.45) is 0.719. The Morgan fingerprint density at radius 2 is 1.65 bits per heavy atom. The Kier molecular flexibility index (Phi) is 5.92. The van der Waals surface area contributed by atoms with E-state index in [1.807, 2.05) is 37.3 Å². The smallest absolute Gasteiger partial charge is 0.338 e. The Balaban J connectivity index is 2.06. The minimum Gasteiger partial charge on any atom is -0.462 e. The van der Waals surface area contributed by atoms with Gasteiger partial charge in [-0.05, 0) is 43.2 Å². The highest BCUT2D eigenvalue weighted by molar-refractivity contribution is 5.96. The normalized spacial score (nSPS) is 11.6. The first-order valence-electron chi connectivity index (χ1n) is 7.78. The molecule has 0 saturated carbocycles. The first-order valence-corrected chi connectivity index (χ1v) is 7.78. The van der Waals surface area contributed by atoms with Crippen LogP contribution >= 0.6 is 0 Å². The molecule has 1 amide bonds. The summed E-state index contributed by atoms with van der Waals surface area (Å²) in [6, 6.07) is 16.4. The number of carbonyl (C=O) groups is 2. The maximum Gasteiger partial charge on any atom is 0.338 e. The predicted molar refractivity (Wildman–Crippen MR) is 90.5 cm³/mol. The van der Waals surface area contributed by atoms with Gasteiger partial charge >= 0.3 is 5.97 Å². The average molecular weight is 311 g/mol. The summed E-state index contributed by atoms with van der Waals surface area (Å²) in [6.45, 7) is 4.09. The molecule has 0 unspecified atom stereocenters. The molecule has 0 heterocycles. The molecule has 0 aliphatic carbocycles. The van der Waals surface area contributed by atoms with Crippen molar-refractivity contribution >= 4 is 17.6 Å². The average Bonchev–Trinajstić information content (AvgIpc) is 2.57. The molecule has 0 bridgehead atoms. The molecule has 120 valence electrons. The zero-order valence-electron chi connectivity index (χ0n) is 13.4. The quantitative estimate of drug-likeness (QED) is 0.821. The van der Waals surface area contributed by atoms with Crippen LogP contribution in [0.3, 0.4) is 0 Å². The first-order chi connectivity index (χ1) is 11.2. The van der Waals surface area contributed by atoms with Gasteiger partial charge in [0.25, 0.3) is 0 Å². The molecule has 0 spiro atoms. The predicted octanol–water partition coefficient (Wildman–Crippen LogP) is 4.00. The number of carbonyl (C=O) groups excluding carboxylic acids is 2. The highest BCUT2D eigenvalue weighted by Gasteiger charge is 2.18. The molecule has 2 aromatic carbocycles. The molecule has 1 atom stereocenters. The van der Waals surface area contributed by atoms with Crippen LogP contribution in [0.15, 0.2) is 54.6 Å². The fourth-order valence-corrected chi connectivity index (χ4v) is 2.39. The fourth-order valence-electron chi connectivity index (χ4n) is 2.39. The number of ether oxygens (including phenoxy) is 1. The van der Waals surface area contributed by atoms with Crippen LogP contribution in [0.4, 0.5) is 5.69 Å². The standard InChI is InChI=1S/C19H21NO3/c1-3-17(14-8-6-5-7-9-14)18(21)20-16-12-10-15(11-13-16)19(22)23-4-2/h5-13,17H,3-4H2,1-2H3,(H,20,21)/t17-/m0/s1. The largest absolute Gasteiger partial charge is 0.462 e. The molecule has 0 aromatic heterocycles. The number of amides is 1. The second kappa shape index (κ2) is 8.13. The molecular formula is C19H21NO3. The molecule has 4 heteroatoms. The Hall–Kier alpha value is -2.62. The van der Waals surface area contributed by atoms with E-state index < -0.39 is 0 Å². The molecule has 2 aromatic rings. The number of anilines is 1. The highest BCUT2D eigenvalue weighted by atomic mass is 16.5. The lowest BCUT2D eigenvalue weighted by Crippen LogP contribution is -2.20. The van der Waals surface area contributed by atoms with Gasteiger partial charge < -0.3 is 10.1 Å². The van der Waals surface area contributed by atoms with Gasteiger partial charge in [-0.15, -0.1) is 0 Å². The maximum atomic E-state index is 12.5. The van der Waals surface area contributed by atoms with Gasteiger partial charge in [-0.3, -0.25) is 4.79 Å². The number of nitrogens with one attached hydrogen (secondary N) is 1. The fraction of sp³-hybridized carbons (Fsp3) is 0.263. The molecule has 0 aliphatic rings. The second-order valence-electron chi connectivity index (χ2n) is 5.16. The highest BCUT2D eigenvalue weighted by Crippen LogP contribution is 2.21. The van der Waals surface area contributed by atoms with Crippen molar-refractivity contribution in [2.45, 2.75) is 26.2 Å². The number of hydrogen-bond acceptors (Lipinski definition) is 3. The molecule has 2 rings (SSSR count). The third-order valence-electron chi connectivity index (χ3n) is 3.59. The van der Waals surface area contributed by atoms with Gasteiger partial charge in [0.05, 0.1) is 18.1 Å². The van der Waals surface area contributed by atoms with E-state index in [2.05, 4.69) is 5.32 Å². The van der Waals surface area contributed by atoms with Gasteiger partial charge in [-0.25, -0.2) is 4.79 Å². The minimum atomic E-state index is -0.360. The van der Waals surface area contributed by atoms with Gasteiger partial charge in [0.2, 0.25) is 5.91 Å². The zero-order chi connectivity index (χ0) is 16.7. The first kappa shape index (κ1) is 16.7. The van der Waals surface area contributed by atoms with Crippen molar-refractivity contribution in [1.29, 1.82) is 0 Å². The van der Waals surface area contributed by atoms with Crippen LogP contribution in [0, 0.1) is 0 Å². The van der Waals surface area contributed by atoms with Crippen LogP contribution in [0.25, 0.3) is 0 Å². The summed E-state index contributed by atoms with van der Waals surface area (Å²) < 4.78 is 4.94. The third-order valence-corrected chi connectivity index (χ3v) is 3.59. The molecule has 0 saturated heterocycles. The lowest BCUT2D eigenvalue weighted by Gasteiger charge is -2.15. The van der Waals surface area contributed by atoms with Crippen molar-refractivity contribution in [2.24, 2.45) is 0 Å². The van der Waals surface area contributed by atoms with Gasteiger partial charge in [-0.1, -0.05) is 37.3 Å². The Morgan fingerprint density at radius 3 is 2.22 bits per heavy atom. The van der Waals surface area contributed by atoms with Gasteiger partial charge in [0.1, 0.15) is 0 Å². The molecule has 0 radical (unpaired) electrons. The molecule has 1 N–H and O–H groups in total. The van der Waals surface area contributed by atoms with Crippen molar-refractivity contribution in [3.05, 3.63) is 65.7 Å². The van der Waals surface area contributed by atoms with Crippen LogP contribution in [0.5, 0.6) is 0 Å². The van der Waals surface area contributed by atoms with Crippen molar-refractivity contribution in [2.75, 3.05) is 11.9 Å². The Morgan fingerprint density at radius 1 is 1.00 bits per heavy atom. The van der Waals surface area contributed by atoms with E-state index in [1.165, 1.54) is 0 Å². The van der Waals surface area contributed by atoms with E-state index >= 15 is 0 Å². The summed E-state index contributed by atoms with van der Waals surface area (Å²) in [5, 5.41) is 2.90. The van der Waals surface area contributed by atoms with Crippen LogP contribution in [-0.2, 0) is 9.53 Å². The maximum absolute atomic E-state index is 12.5. The van der Waals surface area contributed by atoms with Crippen molar-refractivity contribution in [3.63, 3.8) is 0 Å². The lowest BCUT2D eigenvalue weighted by atomic mass is 9.95. The SMILES string of the molecule is CCOC(=O)c1ccc(NC(=O)[C@@H](CC)c2ccccc2)cc1. The van der Waals surface area contributed by atoms with Crippen LogP contribution in [0.2, 0.25) is 0 Å². The minimum absolute atomic E-state index is 0.0532. The van der Waals surface area contributed by atoms with Gasteiger partial charge in [0.15, 0.2) is 0 Å². The van der Waals surface area contributed by atoms with Crippen molar-refractivity contribution < 1.29 is 14.3 Å². The summed E-state index contributed by atoms with van der Waals surface area (Å²) >= 11 is 0. The molecule has 0 fully saturated rings. The van der Waals surface area contributed by atoms with Crippen LogP contribution < -0.4 is 5.32 Å². The molecule has 23 heavy (non-hydrogen) atoms. The molecule has 0 aliphatic heterocycles. The number of esters is 1. The zero-order valence-corrected chi connectivity index (χ0v) is 13.4. The molecule has 4 nitrogen and oxygen atoms in total. The summed E-state index contributed by atoms with van der Waals surface area (Å²) in [7, 11) is 0. The number of rotatable bonds is 6. The Bertz CT molecular complexity index is 650. The van der Waals surface area contributed by atoms with E-state index in [0.717, 1.165) is 12.0 Å². The molecular weight excluding hydrogens is 290 g/mol. The Labute approximate surface area is 136 Å². The van der Waals surface area contributed by atoms with Gasteiger partial charge in [-0.2, -0.15) is 0 Å². The van der Waals surface area contributed by atoms with Crippen molar-refractivity contribution in [3.8, 4) is 0 Å². The monoisotopic (exact) mass is 311 g/mol. The second-order valence-corrected chi connectivity index (χ2v) is 5.16. The van der Waals surface area contributed by atoms with E-state index in [-0.39, 0.29) is 17.8 Å². The van der Waals surface area contributed by atoms with Crippen LogP contribution in [-0.4, -0.2) is 18.5 Å². The van der Waals surface area contributed by atoms with E-state index in [4.69, 9.17) is 4.74 Å². The number of hydrogen-bond donors (Lipinski definition) is 1.